The summed E-state index contributed by atoms with van der Waals surface area (Å²) in [6.45, 7) is 8.73. The van der Waals surface area contributed by atoms with Crippen LogP contribution >= 0.6 is 15.9 Å². The molecule has 0 aliphatic carbocycles. The van der Waals surface area contributed by atoms with Gasteiger partial charge in [-0.3, -0.25) is 14.4 Å². The number of nitrogens with zero attached hydrogens (tertiary/aromatic N) is 2. The second kappa shape index (κ2) is 10.9. The monoisotopic (exact) mass is 528 g/mol. The molecule has 3 saturated heterocycles. The zero-order valence-electron chi connectivity index (χ0n) is 19.6. The molecular weight excluding hydrogens is 492 g/mol. The normalized spacial score (nSPS) is 33.3. The average molecular weight is 529 g/mol. The van der Waals surface area contributed by atoms with Crippen LogP contribution in [0.4, 0.5) is 0 Å². The quantitative estimate of drug-likeness (QED) is 0.216. The number of carbonyl (C=O) groups excluding carboxylic acids is 2. The van der Waals surface area contributed by atoms with Gasteiger partial charge in [0.05, 0.1) is 17.9 Å². The summed E-state index contributed by atoms with van der Waals surface area (Å²) in [5.74, 6) is -3.35. The van der Waals surface area contributed by atoms with Crippen LogP contribution in [0, 0.1) is 11.8 Å². The summed E-state index contributed by atoms with van der Waals surface area (Å²) in [7, 11) is 0. The van der Waals surface area contributed by atoms with Gasteiger partial charge in [-0.1, -0.05) is 48.2 Å². The summed E-state index contributed by atoms with van der Waals surface area (Å²) < 4.78 is 6.32. The number of ether oxygens (including phenoxy) is 1. The summed E-state index contributed by atoms with van der Waals surface area (Å²) in [4.78, 5) is 43.0. The van der Waals surface area contributed by atoms with Crippen LogP contribution in [0.25, 0.3) is 0 Å². The van der Waals surface area contributed by atoms with E-state index in [1.54, 1.807) is 15.9 Å². The van der Waals surface area contributed by atoms with E-state index in [0.29, 0.717) is 32.4 Å². The number of unbranched alkanes of at least 4 members (excludes halogenated alkanes) is 3. The molecule has 3 rings (SSSR count). The van der Waals surface area contributed by atoms with Crippen LogP contribution in [0.3, 0.4) is 0 Å². The number of rotatable bonds is 13. The van der Waals surface area contributed by atoms with Crippen molar-refractivity contribution in [3.63, 3.8) is 0 Å². The molecule has 0 saturated carbocycles. The fraction of sp³-hybridized carbons (Fsp3) is 0.792. The lowest BCUT2D eigenvalue weighted by Gasteiger charge is -2.39. The number of carboxylic acids is 1. The average Bonchev–Trinajstić information content (AvgIpc) is 3.35. The van der Waals surface area contributed by atoms with Crippen LogP contribution in [0.15, 0.2) is 12.7 Å². The van der Waals surface area contributed by atoms with Crippen LogP contribution in [0.2, 0.25) is 0 Å². The van der Waals surface area contributed by atoms with Gasteiger partial charge in [0, 0.05) is 30.6 Å². The molecule has 33 heavy (non-hydrogen) atoms. The minimum absolute atomic E-state index is 0.0360. The molecule has 3 aliphatic rings. The standard InChI is InChI=1S/C24H37BrN2O6/c1-4-10-15(3)26(11-5-2)22(30)20-24-14-16(25)19(33-24)17(23(31)32)18(24)21(29)27(20)12-8-6-7-9-13-28/h5,15-20,28H,2,4,6-14H2,1,3H3,(H,31,32)/t15?,16?,17-,18-,19-,20?,24?/m0/s1. The molecule has 2 amide bonds. The van der Waals surface area contributed by atoms with Crippen LogP contribution in [0.5, 0.6) is 0 Å². The Bertz CT molecular complexity index is 763. The molecule has 2 N–H and O–H groups in total. The number of aliphatic hydroxyl groups is 1. The lowest BCUT2D eigenvalue weighted by atomic mass is 9.70. The van der Waals surface area contributed by atoms with Crippen molar-refractivity contribution in [3.8, 4) is 0 Å². The van der Waals surface area contributed by atoms with E-state index in [4.69, 9.17) is 9.84 Å². The van der Waals surface area contributed by atoms with E-state index in [2.05, 4.69) is 29.4 Å². The van der Waals surface area contributed by atoms with E-state index in [1.165, 1.54) is 0 Å². The summed E-state index contributed by atoms with van der Waals surface area (Å²) >= 11 is 3.57. The first kappa shape index (κ1) is 26.2. The molecule has 3 fully saturated rings. The number of fused-ring (bicyclic) bond motifs is 1. The van der Waals surface area contributed by atoms with Crippen molar-refractivity contribution in [1.82, 2.24) is 9.80 Å². The lowest BCUT2D eigenvalue weighted by Crippen LogP contribution is -2.58. The van der Waals surface area contributed by atoms with Crippen molar-refractivity contribution < 1.29 is 29.3 Å². The van der Waals surface area contributed by atoms with Crippen LogP contribution in [-0.2, 0) is 19.1 Å². The van der Waals surface area contributed by atoms with Crippen LogP contribution in [0.1, 0.15) is 58.8 Å². The highest BCUT2D eigenvalue weighted by molar-refractivity contribution is 9.09. The molecule has 8 nitrogen and oxygen atoms in total. The summed E-state index contributed by atoms with van der Waals surface area (Å²) in [6.07, 6.45) is 6.26. The molecule has 2 bridgehead atoms. The predicted molar refractivity (Wildman–Crippen MR) is 127 cm³/mol. The van der Waals surface area contributed by atoms with Gasteiger partial charge in [-0.05, 0) is 32.6 Å². The molecule has 0 aromatic carbocycles. The molecular formula is C24H37BrN2O6. The number of alkyl halides is 1. The summed E-state index contributed by atoms with van der Waals surface area (Å²) in [5, 5.41) is 19.0. The first-order chi connectivity index (χ1) is 15.7. The minimum atomic E-state index is -1.13. The fourth-order valence-electron chi connectivity index (χ4n) is 6.04. The largest absolute Gasteiger partial charge is 0.481 e. The maximum absolute atomic E-state index is 14.1. The van der Waals surface area contributed by atoms with E-state index >= 15 is 0 Å². The zero-order chi connectivity index (χ0) is 24.3. The van der Waals surface area contributed by atoms with Gasteiger partial charge in [-0.15, -0.1) is 6.58 Å². The highest BCUT2D eigenvalue weighted by atomic mass is 79.9. The molecule has 186 valence electrons. The van der Waals surface area contributed by atoms with E-state index < -0.39 is 35.6 Å². The number of amides is 2. The van der Waals surface area contributed by atoms with Gasteiger partial charge in [0.25, 0.3) is 0 Å². The van der Waals surface area contributed by atoms with Gasteiger partial charge in [0.15, 0.2) is 0 Å². The summed E-state index contributed by atoms with van der Waals surface area (Å²) in [5.41, 5.74) is -1.13. The SMILES string of the molecule is C=CCN(C(=O)C1N(CCCCCCO)C(=O)[C@@H]2[C@H](C(=O)O)[C@H]3OC12CC3Br)C(C)CCC. The third-order valence-electron chi connectivity index (χ3n) is 7.46. The van der Waals surface area contributed by atoms with Crippen LogP contribution in [-0.4, -0.2) is 86.1 Å². The molecule has 9 heteroatoms. The van der Waals surface area contributed by atoms with E-state index in [0.717, 1.165) is 25.7 Å². The van der Waals surface area contributed by atoms with Gasteiger partial charge < -0.3 is 24.7 Å². The number of aliphatic hydroxyl groups excluding tert-OH is 1. The van der Waals surface area contributed by atoms with Crippen molar-refractivity contribution in [3.05, 3.63) is 12.7 Å². The molecule has 0 radical (unpaired) electrons. The molecule has 1 spiro atoms. The van der Waals surface area contributed by atoms with Crippen molar-refractivity contribution in [2.24, 2.45) is 11.8 Å². The van der Waals surface area contributed by atoms with E-state index in [1.807, 2.05) is 6.92 Å². The van der Waals surface area contributed by atoms with Crippen molar-refractivity contribution in [1.29, 1.82) is 0 Å². The molecule has 0 aromatic rings. The number of carbonyl (C=O) groups is 3. The van der Waals surface area contributed by atoms with Gasteiger partial charge in [-0.2, -0.15) is 0 Å². The number of carboxylic acid groups (broad SMARTS) is 1. The van der Waals surface area contributed by atoms with E-state index in [-0.39, 0.29) is 29.3 Å². The molecule has 4 unspecified atom stereocenters. The van der Waals surface area contributed by atoms with Crippen LogP contribution < -0.4 is 0 Å². The predicted octanol–water partition coefficient (Wildman–Crippen LogP) is 2.57. The number of halogens is 1. The maximum Gasteiger partial charge on any atom is 0.310 e. The highest BCUT2D eigenvalue weighted by Gasteiger charge is 2.76. The molecule has 3 aliphatic heterocycles. The van der Waals surface area contributed by atoms with Gasteiger partial charge in [0.2, 0.25) is 11.8 Å². The third-order valence-corrected chi connectivity index (χ3v) is 8.31. The molecule has 0 aromatic heterocycles. The van der Waals surface area contributed by atoms with Crippen molar-refractivity contribution >= 4 is 33.7 Å². The topological polar surface area (TPSA) is 107 Å². The Morgan fingerprint density at radius 1 is 1.36 bits per heavy atom. The molecule has 3 heterocycles. The smallest absolute Gasteiger partial charge is 0.310 e. The molecule has 7 atom stereocenters. The lowest BCUT2D eigenvalue weighted by molar-refractivity contribution is -0.151. The van der Waals surface area contributed by atoms with Crippen molar-refractivity contribution in [2.45, 2.75) is 87.4 Å². The fourth-order valence-corrected chi connectivity index (χ4v) is 6.98. The van der Waals surface area contributed by atoms with Gasteiger partial charge >= 0.3 is 5.97 Å². The third kappa shape index (κ3) is 4.60. The second-order valence-electron chi connectivity index (χ2n) is 9.59. The number of hydrogen-bond donors (Lipinski definition) is 2. The Morgan fingerprint density at radius 2 is 2.06 bits per heavy atom. The Balaban J connectivity index is 1.96. The Kier molecular flexibility index (Phi) is 8.61. The number of hydrogen-bond acceptors (Lipinski definition) is 5. The van der Waals surface area contributed by atoms with Gasteiger partial charge in [-0.25, -0.2) is 0 Å². The minimum Gasteiger partial charge on any atom is -0.481 e. The highest BCUT2D eigenvalue weighted by Crippen LogP contribution is 2.60. The summed E-state index contributed by atoms with van der Waals surface area (Å²) in [6, 6.07) is -0.882. The first-order valence-electron chi connectivity index (χ1n) is 12.1. The Morgan fingerprint density at radius 3 is 2.67 bits per heavy atom. The number of aliphatic carboxylic acids is 1. The number of likely N-dealkylation sites (tertiary alicyclic amines) is 1. The maximum atomic E-state index is 14.1. The Labute approximate surface area is 204 Å². The van der Waals surface area contributed by atoms with E-state index in [9.17, 15) is 19.5 Å². The van der Waals surface area contributed by atoms with Crippen molar-refractivity contribution in [2.75, 3.05) is 19.7 Å². The van der Waals surface area contributed by atoms with Gasteiger partial charge in [0.1, 0.15) is 11.6 Å². The first-order valence-corrected chi connectivity index (χ1v) is 13.0. The second-order valence-corrected chi connectivity index (χ2v) is 10.8. The Hall–Kier alpha value is -1.45. The zero-order valence-corrected chi connectivity index (χ0v) is 21.2.